The molecule has 0 heterocycles. The van der Waals surface area contributed by atoms with Crippen molar-refractivity contribution in [1.82, 2.24) is 0 Å². The average Bonchev–Trinajstić information content (AvgIpc) is 2.86. The number of methoxy groups -OCH3 is 4. The van der Waals surface area contributed by atoms with Gasteiger partial charge in [-0.3, -0.25) is 9.59 Å². The molecule has 0 saturated carbocycles. The van der Waals surface area contributed by atoms with Crippen molar-refractivity contribution >= 4 is 39.4 Å². The third kappa shape index (κ3) is 4.28. The van der Waals surface area contributed by atoms with Crippen LogP contribution in [0.2, 0.25) is 0 Å². The Labute approximate surface area is 200 Å². The normalized spacial score (nSPS) is 12.4. The van der Waals surface area contributed by atoms with Crippen LogP contribution in [-0.4, -0.2) is 39.5 Å². The maximum absolute atomic E-state index is 14.9. The SMILES string of the molecule is COc1cccc(OC)c1C(=O)P(=O)(C(=O)c1ccccc1)c1c(OC)ccc(Br)c1OC. The molecule has 1 atom stereocenters. The third-order valence-electron chi connectivity index (χ3n) is 5.02. The van der Waals surface area contributed by atoms with E-state index < -0.39 is 18.2 Å². The van der Waals surface area contributed by atoms with Gasteiger partial charge >= 0.3 is 0 Å². The summed E-state index contributed by atoms with van der Waals surface area (Å²) in [5, 5.41) is -0.145. The fourth-order valence-corrected chi connectivity index (χ4v) is 6.72. The molecule has 172 valence electrons. The van der Waals surface area contributed by atoms with E-state index in [-0.39, 0.29) is 39.4 Å². The molecule has 0 saturated heterocycles. The smallest absolute Gasteiger partial charge is 0.256 e. The van der Waals surface area contributed by atoms with Crippen molar-refractivity contribution in [3.8, 4) is 23.0 Å². The Morgan fingerprint density at radius 1 is 0.697 bits per heavy atom. The van der Waals surface area contributed by atoms with Gasteiger partial charge in [-0.1, -0.05) is 36.4 Å². The van der Waals surface area contributed by atoms with Gasteiger partial charge in [-0.05, 0) is 40.2 Å². The van der Waals surface area contributed by atoms with Crippen LogP contribution in [0.25, 0.3) is 0 Å². The fraction of sp³-hybridized carbons (Fsp3) is 0.167. The summed E-state index contributed by atoms with van der Waals surface area (Å²) in [6.07, 6.45) is 0. The standard InChI is InChI=1S/C24H22BrO7P/c1-29-17-11-8-12-18(30-2)20(17)24(27)33(28,23(26)15-9-6-5-7-10-15)22-19(31-3)14-13-16(25)21(22)32-4/h5-14H,1-4H3. The van der Waals surface area contributed by atoms with Crippen LogP contribution in [0.3, 0.4) is 0 Å². The zero-order valence-corrected chi connectivity index (χ0v) is 20.9. The number of hydrogen-bond acceptors (Lipinski definition) is 7. The second-order valence-electron chi connectivity index (χ2n) is 6.75. The highest BCUT2D eigenvalue weighted by molar-refractivity contribution is 9.10. The Morgan fingerprint density at radius 3 is 1.79 bits per heavy atom. The van der Waals surface area contributed by atoms with Crippen LogP contribution >= 0.6 is 23.1 Å². The minimum atomic E-state index is -4.63. The first-order chi connectivity index (χ1) is 15.8. The van der Waals surface area contributed by atoms with Gasteiger partial charge in [0.1, 0.15) is 33.9 Å². The topological polar surface area (TPSA) is 88.1 Å². The van der Waals surface area contributed by atoms with E-state index in [0.717, 1.165) is 0 Å². The molecule has 0 aliphatic carbocycles. The maximum Gasteiger partial charge on any atom is 0.256 e. The Morgan fingerprint density at radius 2 is 1.27 bits per heavy atom. The van der Waals surface area contributed by atoms with Gasteiger partial charge in [0.2, 0.25) is 11.0 Å². The van der Waals surface area contributed by atoms with Gasteiger partial charge in [-0.15, -0.1) is 0 Å². The Balaban J connectivity index is 2.45. The summed E-state index contributed by atoms with van der Waals surface area (Å²) in [5.41, 5.74) is -1.83. The van der Waals surface area contributed by atoms with Gasteiger partial charge in [0.25, 0.3) is 7.14 Å². The molecule has 0 spiro atoms. The van der Waals surface area contributed by atoms with E-state index >= 15 is 0 Å². The largest absolute Gasteiger partial charge is 0.496 e. The van der Waals surface area contributed by atoms with Crippen LogP contribution in [0.4, 0.5) is 0 Å². The van der Waals surface area contributed by atoms with Gasteiger partial charge in [-0.25, -0.2) is 0 Å². The number of hydrogen-bond donors (Lipinski definition) is 0. The lowest BCUT2D eigenvalue weighted by molar-refractivity contribution is 0.103. The van der Waals surface area contributed by atoms with Crippen molar-refractivity contribution in [2.45, 2.75) is 0 Å². The zero-order chi connectivity index (χ0) is 24.2. The van der Waals surface area contributed by atoms with Crippen molar-refractivity contribution in [3.63, 3.8) is 0 Å². The fourth-order valence-electron chi connectivity index (χ4n) is 3.46. The first-order valence-electron chi connectivity index (χ1n) is 9.72. The van der Waals surface area contributed by atoms with E-state index in [2.05, 4.69) is 15.9 Å². The van der Waals surface area contributed by atoms with Gasteiger partial charge in [0, 0.05) is 5.56 Å². The van der Waals surface area contributed by atoms with Gasteiger partial charge < -0.3 is 23.5 Å². The molecule has 0 aliphatic rings. The van der Waals surface area contributed by atoms with E-state index in [1.165, 1.54) is 58.8 Å². The number of carbonyl (C=O) groups is 2. The Hall–Kier alpha value is -3.09. The van der Waals surface area contributed by atoms with Crippen LogP contribution in [0.15, 0.2) is 65.1 Å². The zero-order valence-electron chi connectivity index (χ0n) is 18.5. The second-order valence-corrected chi connectivity index (χ2v) is 10.1. The van der Waals surface area contributed by atoms with Crippen molar-refractivity contribution in [2.24, 2.45) is 0 Å². The van der Waals surface area contributed by atoms with Gasteiger partial charge in [0.15, 0.2) is 0 Å². The molecular formula is C24H22BrO7P. The summed E-state index contributed by atoms with van der Waals surface area (Å²) < 4.78 is 36.9. The summed E-state index contributed by atoms with van der Waals surface area (Å²) >= 11 is 3.36. The average molecular weight is 533 g/mol. The molecule has 0 amide bonds. The first kappa shape index (κ1) is 24.6. The molecule has 9 heteroatoms. The Bertz CT molecular complexity index is 1220. The summed E-state index contributed by atoms with van der Waals surface area (Å²) in [5.74, 6) is 0.371. The number of ether oxygens (including phenoxy) is 4. The van der Waals surface area contributed by atoms with Crippen LogP contribution < -0.4 is 24.3 Å². The van der Waals surface area contributed by atoms with Gasteiger partial charge in [-0.2, -0.15) is 0 Å². The summed E-state index contributed by atoms with van der Waals surface area (Å²) in [7, 11) is 0.825. The molecular weight excluding hydrogens is 511 g/mol. The lowest BCUT2D eigenvalue weighted by atomic mass is 10.2. The van der Waals surface area contributed by atoms with Gasteiger partial charge in [0.05, 0.1) is 32.9 Å². The lowest BCUT2D eigenvalue weighted by Crippen LogP contribution is -2.24. The number of carbonyl (C=O) groups excluding carboxylic acids is 2. The molecule has 0 N–H and O–H groups in total. The van der Waals surface area contributed by atoms with E-state index in [9.17, 15) is 14.2 Å². The molecule has 0 aromatic heterocycles. The predicted octanol–water partition coefficient (Wildman–Crippen LogP) is 5.15. The molecule has 33 heavy (non-hydrogen) atoms. The van der Waals surface area contributed by atoms with Crippen LogP contribution in [0.1, 0.15) is 20.7 Å². The molecule has 0 radical (unpaired) electrons. The highest BCUT2D eigenvalue weighted by Crippen LogP contribution is 2.57. The molecule has 3 aromatic rings. The number of rotatable bonds is 9. The predicted molar refractivity (Wildman–Crippen MR) is 129 cm³/mol. The summed E-state index contributed by atoms with van der Waals surface area (Å²) in [6, 6.07) is 15.8. The molecule has 7 nitrogen and oxygen atoms in total. The highest BCUT2D eigenvalue weighted by atomic mass is 79.9. The monoisotopic (exact) mass is 532 g/mol. The quantitative estimate of drug-likeness (QED) is 0.352. The first-order valence-corrected chi connectivity index (χ1v) is 12.2. The van der Waals surface area contributed by atoms with Crippen molar-refractivity contribution in [3.05, 3.63) is 76.3 Å². The second kappa shape index (κ2) is 10.2. The molecule has 1 unspecified atom stereocenters. The minimum absolute atomic E-state index is 0.0594. The van der Waals surface area contributed by atoms with E-state index in [1.54, 1.807) is 30.3 Å². The van der Waals surface area contributed by atoms with Crippen molar-refractivity contribution in [1.29, 1.82) is 0 Å². The third-order valence-corrected chi connectivity index (χ3v) is 8.32. The molecule has 3 rings (SSSR count). The van der Waals surface area contributed by atoms with Crippen molar-refractivity contribution in [2.75, 3.05) is 28.4 Å². The molecule has 3 aromatic carbocycles. The van der Waals surface area contributed by atoms with E-state index in [0.29, 0.717) is 4.47 Å². The van der Waals surface area contributed by atoms with E-state index in [4.69, 9.17) is 18.9 Å². The van der Waals surface area contributed by atoms with Crippen LogP contribution in [0, 0.1) is 0 Å². The molecule has 0 aliphatic heterocycles. The minimum Gasteiger partial charge on any atom is -0.496 e. The summed E-state index contributed by atoms with van der Waals surface area (Å²) in [6.45, 7) is 0. The summed E-state index contributed by atoms with van der Waals surface area (Å²) in [4.78, 5) is 28.0. The van der Waals surface area contributed by atoms with E-state index in [1.807, 2.05) is 0 Å². The van der Waals surface area contributed by atoms with Crippen LogP contribution in [-0.2, 0) is 4.57 Å². The molecule has 0 bridgehead atoms. The molecule has 0 fully saturated rings. The van der Waals surface area contributed by atoms with Crippen LogP contribution in [0.5, 0.6) is 23.0 Å². The lowest BCUT2D eigenvalue weighted by Gasteiger charge is -2.23. The Kier molecular flexibility index (Phi) is 7.61. The van der Waals surface area contributed by atoms with Crippen molar-refractivity contribution < 1.29 is 33.1 Å². The number of benzene rings is 3. The number of halogens is 1. The highest BCUT2D eigenvalue weighted by Gasteiger charge is 2.49. The maximum atomic E-state index is 14.9.